The van der Waals surface area contributed by atoms with Crippen molar-refractivity contribution in [2.24, 2.45) is 5.92 Å². The van der Waals surface area contributed by atoms with E-state index in [0.29, 0.717) is 16.6 Å². The summed E-state index contributed by atoms with van der Waals surface area (Å²) in [6.07, 6.45) is 0.161. The van der Waals surface area contributed by atoms with Crippen LogP contribution in [0.25, 0.3) is 0 Å². The molecule has 1 atom stereocenters. The first-order chi connectivity index (χ1) is 11.9. The minimum Gasteiger partial charge on any atom is -0.461 e. The van der Waals surface area contributed by atoms with Crippen LogP contribution in [-0.4, -0.2) is 18.4 Å². The van der Waals surface area contributed by atoms with Crippen LogP contribution >= 0.6 is 23.2 Å². The van der Waals surface area contributed by atoms with Crippen LogP contribution in [-0.2, 0) is 20.9 Å². The number of aryl methyl sites for hydroxylation is 1. The molecule has 4 nitrogen and oxygen atoms in total. The zero-order valence-corrected chi connectivity index (χ0v) is 15.2. The van der Waals surface area contributed by atoms with Gasteiger partial charge in [-0.1, -0.05) is 47.0 Å². The summed E-state index contributed by atoms with van der Waals surface area (Å²) in [7, 11) is 0. The molecule has 130 valence electrons. The number of amides is 1. The van der Waals surface area contributed by atoms with Gasteiger partial charge in [-0.05, 0) is 36.8 Å². The molecule has 0 radical (unpaired) electrons. The molecule has 0 aliphatic carbocycles. The maximum absolute atomic E-state index is 12.3. The highest BCUT2D eigenvalue weighted by Crippen LogP contribution is 2.27. The summed E-state index contributed by atoms with van der Waals surface area (Å²) in [5.41, 5.74) is 2.67. The maximum Gasteiger partial charge on any atom is 0.311 e. The third-order valence-corrected chi connectivity index (χ3v) is 4.91. The van der Waals surface area contributed by atoms with E-state index in [1.165, 1.54) is 0 Å². The van der Waals surface area contributed by atoms with Gasteiger partial charge >= 0.3 is 5.97 Å². The lowest BCUT2D eigenvalue weighted by Gasteiger charge is -2.16. The number of ether oxygens (including phenoxy) is 1. The van der Waals surface area contributed by atoms with Gasteiger partial charge in [0.25, 0.3) is 0 Å². The third-order valence-electron chi connectivity index (χ3n) is 4.17. The molecule has 3 rings (SSSR count). The summed E-state index contributed by atoms with van der Waals surface area (Å²) in [5, 5.41) is 0.865. The molecule has 2 aromatic carbocycles. The number of hydrogen-bond acceptors (Lipinski definition) is 3. The maximum atomic E-state index is 12.3. The quantitative estimate of drug-likeness (QED) is 0.741. The Kier molecular flexibility index (Phi) is 5.30. The van der Waals surface area contributed by atoms with Crippen LogP contribution in [0.5, 0.6) is 0 Å². The Morgan fingerprint density at radius 1 is 1.16 bits per heavy atom. The van der Waals surface area contributed by atoms with Crippen LogP contribution in [0.1, 0.15) is 17.5 Å². The predicted octanol–water partition coefficient (Wildman–Crippen LogP) is 4.40. The molecule has 0 spiro atoms. The molecule has 1 aliphatic rings. The second-order valence-corrected chi connectivity index (χ2v) is 6.91. The number of anilines is 1. The second kappa shape index (κ2) is 7.46. The molecule has 1 saturated heterocycles. The molecule has 1 unspecified atom stereocenters. The number of benzene rings is 2. The first-order valence-corrected chi connectivity index (χ1v) is 8.67. The van der Waals surface area contributed by atoms with Crippen LogP contribution in [0, 0.1) is 12.8 Å². The van der Waals surface area contributed by atoms with Gasteiger partial charge in [0.05, 0.1) is 16.0 Å². The van der Waals surface area contributed by atoms with Crippen LogP contribution in [0.2, 0.25) is 10.0 Å². The molecule has 0 saturated carbocycles. The molecule has 6 heteroatoms. The van der Waals surface area contributed by atoms with Gasteiger partial charge in [-0.2, -0.15) is 0 Å². The third kappa shape index (κ3) is 4.14. The van der Waals surface area contributed by atoms with Crippen molar-refractivity contribution in [2.75, 3.05) is 11.4 Å². The van der Waals surface area contributed by atoms with E-state index in [1.807, 2.05) is 31.2 Å². The van der Waals surface area contributed by atoms with Crippen LogP contribution in [0.3, 0.4) is 0 Å². The van der Waals surface area contributed by atoms with Gasteiger partial charge in [-0.25, -0.2) is 0 Å². The van der Waals surface area contributed by atoms with Gasteiger partial charge in [0.2, 0.25) is 5.91 Å². The summed E-state index contributed by atoms with van der Waals surface area (Å²) in [6, 6.07) is 12.7. The van der Waals surface area contributed by atoms with E-state index < -0.39 is 5.92 Å². The van der Waals surface area contributed by atoms with Crippen LogP contribution < -0.4 is 4.90 Å². The molecular weight excluding hydrogens is 361 g/mol. The normalized spacial score (nSPS) is 17.0. The highest BCUT2D eigenvalue weighted by Gasteiger charge is 2.36. The summed E-state index contributed by atoms with van der Waals surface area (Å²) in [6.45, 7) is 2.42. The van der Waals surface area contributed by atoms with Gasteiger partial charge < -0.3 is 9.64 Å². The number of hydrogen-bond donors (Lipinski definition) is 0. The topological polar surface area (TPSA) is 46.6 Å². The van der Waals surface area contributed by atoms with Gasteiger partial charge in [-0.15, -0.1) is 0 Å². The van der Waals surface area contributed by atoms with Crippen molar-refractivity contribution >= 4 is 40.8 Å². The summed E-state index contributed by atoms with van der Waals surface area (Å²) in [5.74, 6) is -0.911. The minimum absolute atomic E-state index is 0.0691. The first kappa shape index (κ1) is 17.8. The van der Waals surface area contributed by atoms with Gasteiger partial charge in [0, 0.05) is 18.7 Å². The Hall–Kier alpha value is -2.04. The Morgan fingerprint density at radius 3 is 2.56 bits per heavy atom. The smallest absolute Gasteiger partial charge is 0.311 e. The van der Waals surface area contributed by atoms with E-state index in [-0.39, 0.29) is 24.9 Å². The van der Waals surface area contributed by atoms with E-state index in [0.717, 1.165) is 16.8 Å². The molecule has 1 aliphatic heterocycles. The van der Waals surface area contributed by atoms with Crippen molar-refractivity contribution in [1.82, 2.24) is 0 Å². The highest BCUT2D eigenvalue weighted by atomic mass is 35.5. The fraction of sp³-hybridized carbons (Fsp3) is 0.263. The van der Waals surface area contributed by atoms with E-state index in [9.17, 15) is 9.59 Å². The van der Waals surface area contributed by atoms with Crippen LogP contribution in [0.15, 0.2) is 42.5 Å². The number of nitrogens with zero attached hydrogens (tertiary/aromatic N) is 1. The second-order valence-electron chi connectivity index (χ2n) is 6.10. The fourth-order valence-electron chi connectivity index (χ4n) is 2.74. The van der Waals surface area contributed by atoms with E-state index in [2.05, 4.69) is 0 Å². The monoisotopic (exact) mass is 377 g/mol. The molecule has 0 bridgehead atoms. The molecular formula is C19H17Cl2NO3. The molecule has 25 heavy (non-hydrogen) atoms. The number of esters is 1. The SMILES string of the molecule is Cc1ccc(N2CC(C(=O)OCc3ccc(Cl)c(Cl)c3)CC2=O)cc1. The first-order valence-electron chi connectivity index (χ1n) is 7.91. The Bertz CT molecular complexity index is 805. The van der Waals surface area contributed by atoms with Gasteiger partial charge in [-0.3, -0.25) is 9.59 Å². The Balaban J connectivity index is 1.60. The molecule has 0 N–H and O–H groups in total. The average Bonchev–Trinajstić information content (AvgIpc) is 2.98. The molecule has 0 aromatic heterocycles. The van der Waals surface area contributed by atoms with Crippen molar-refractivity contribution < 1.29 is 14.3 Å². The number of rotatable bonds is 4. The largest absolute Gasteiger partial charge is 0.461 e. The highest BCUT2D eigenvalue weighted by molar-refractivity contribution is 6.42. The van der Waals surface area contributed by atoms with Crippen molar-refractivity contribution in [3.8, 4) is 0 Å². The van der Waals surface area contributed by atoms with Crippen molar-refractivity contribution in [3.05, 3.63) is 63.6 Å². The van der Waals surface area contributed by atoms with Crippen molar-refractivity contribution in [2.45, 2.75) is 20.0 Å². The minimum atomic E-state index is -0.462. The fourth-order valence-corrected chi connectivity index (χ4v) is 3.06. The van der Waals surface area contributed by atoms with E-state index >= 15 is 0 Å². The van der Waals surface area contributed by atoms with Gasteiger partial charge in [0.15, 0.2) is 0 Å². The zero-order chi connectivity index (χ0) is 18.0. The lowest BCUT2D eigenvalue weighted by molar-refractivity contribution is -0.149. The standard InChI is InChI=1S/C19H17Cl2NO3/c1-12-2-5-15(6-3-12)22-10-14(9-18(22)23)19(24)25-11-13-4-7-16(20)17(21)8-13/h2-8,14H,9-11H2,1H3. The predicted molar refractivity (Wildman–Crippen MR) is 97.9 cm³/mol. The molecule has 1 fully saturated rings. The zero-order valence-electron chi connectivity index (χ0n) is 13.7. The van der Waals surface area contributed by atoms with Crippen molar-refractivity contribution in [1.29, 1.82) is 0 Å². The molecule has 1 amide bonds. The Morgan fingerprint density at radius 2 is 1.88 bits per heavy atom. The molecule has 2 aromatic rings. The number of carbonyl (C=O) groups is 2. The van der Waals surface area contributed by atoms with Crippen LogP contribution in [0.4, 0.5) is 5.69 Å². The lowest BCUT2D eigenvalue weighted by Crippen LogP contribution is -2.26. The lowest BCUT2D eigenvalue weighted by atomic mass is 10.1. The average molecular weight is 378 g/mol. The van der Waals surface area contributed by atoms with E-state index in [4.69, 9.17) is 27.9 Å². The van der Waals surface area contributed by atoms with Crippen molar-refractivity contribution in [3.63, 3.8) is 0 Å². The number of halogens is 2. The Labute approximate surface area is 156 Å². The summed E-state index contributed by atoms with van der Waals surface area (Å²) in [4.78, 5) is 26.1. The van der Waals surface area contributed by atoms with Gasteiger partial charge in [0.1, 0.15) is 6.61 Å². The summed E-state index contributed by atoms with van der Waals surface area (Å²) < 4.78 is 5.34. The summed E-state index contributed by atoms with van der Waals surface area (Å²) >= 11 is 11.8. The molecule has 1 heterocycles. The van der Waals surface area contributed by atoms with E-state index in [1.54, 1.807) is 23.1 Å². The number of carbonyl (C=O) groups excluding carboxylic acids is 2.